The first-order chi connectivity index (χ1) is 18.3. The van der Waals surface area contributed by atoms with Gasteiger partial charge in [-0.05, 0) is 25.1 Å². The number of piperazine rings is 1. The van der Waals surface area contributed by atoms with Crippen molar-refractivity contribution in [2.45, 2.75) is 19.1 Å². The van der Waals surface area contributed by atoms with E-state index in [9.17, 15) is 18.0 Å². The zero-order valence-electron chi connectivity index (χ0n) is 19.9. The minimum atomic E-state index is -4.50. The van der Waals surface area contributed by atoms with E-state index in [1.54, 1.807) is 36.5 Å². The number of H-pyrrole nitrogens is 1. The van der Waals surface area contributed by atoms with E-state index < -0.39 is 11.7 Å². The van der Waals surface area contributed by atoms with Crippen LogP contribution < -0.4 is 4.90 Å². The van der Waals surface area contributed by atoms with Gasteiger partial charge in [0, 0.05) is 43.8 Å². The summed E-state index contributed by atoms with van der Waals surface area (Å²) in [4.78, 5) is 30.2. The molecular weight excluding hydrogens is 503 g/mol. The number of halogens is 3. The van der Waals surface area contributed by atoms with Gasteiger partial charge in [-0.15, -0.1) is 0 Å². The fraction of sp³-hybridized carbons (Fsp3) is 0.250. The van der Waals surface area contributed by atoms with Gasteiger partial charge in [0.15, 0.2) is 5.82 Å². The van der Waals surface area contributed by atoms with Crippen molar-refractivity contribution in [3.63, 3.8) is 0 Å². The van der Waals surface area contributed by atoms with E-state index in [0.29, 0.717) is 48.1 Å². The average molecular weight is 523 g/mol. The molecule has 0 unspecified atom stereocenters. The van der Waals surface area contributed by atoms with E-state index in [-0.39, 0.29) is 17.8 Å². The quantitative estimate of drug-likeness (QED) is 0.380. The molecular formula is C24H20F3N9O2. The highest BCUT2D eigenvalue weighted by molar-refractivity contribution is 5.95. The van der Waals surface area contributed by atoms with Crippen LogP contribution in [0.4, 0.5) is 19.0 Å². The first-order valence-corrected chi connectivity index (χ1v) is 11.6. The van der Waals surface area contributed by atoms with E-state index in [1.165, 1.54) is 22.9 Å². The molecule has 14 heteroatoms. The largest absolute Gasteiger partial charge is 0.417 e. The number of nitrogens with one attached hydrogen (secondary N) is 1. The maximum atomic E-state index is 13.3. The summed E-state index contributed by atoms with van der Waals surface area (Å²) >= 11 is 0. The van der Waals surface area contributed by atoms with Gasteiger partial charge < -0.3 is 14.3 Å². The highest BCUT2D eigenvalue weighted by Crippen LogP contribution is 2.32. The van der Waals surface area contributed by atoms with Crippen molar-refractivity contribution in [1.29, 1.82) is 0 Å². The standard InChI is InChI=1S/C24H20F3N9O2/c1-14-17(10-32-38-14)23(37)35-7-6-34(13-19(35)15-8-30-31-9-15)21-4-5-28-22(33-21)18-11-29-20-3-2-16(12-36(18)20)24(25,26)27/h2-5,8-12,19H,6-7,13H2,1H3,(H,30,31)/t19-/m0/s1. The number of imidazole rings is 1. The zero-order valence-corrected chi connectivity index (χ0v) is 19.9. The van der Waals surface area contributed by atoms with Crippen molar-refractivity contribution < 1.29 is 22.5 Å². The SMILES string of the molecule is Cc1oncc1C(=O)N1CCN(c2ccnc(-c3cnc4ccc(C(F)(F)F)cn34)n2)C[C@H]1c1cn[nH]c1. The van der Waals surface area contributed by atoms with Crippen molar-refractivity contribution in [3.05, 3.63) is 77.8 Å². The smallest absolute Gasteiger partial charge is 0.361 e. The summed E-state index contributed by atoms with van der Waals surface area (Å²) in [5.41, 5.74) is 1.08. The number of carbonyl (C=O) groups excluding carboxylic acids is 1. The Kier molecular flexibility index (Phi) is 5.58. The maximum Gasteiger partial charge on any atom is 0.417 e. The maximum absolute atomic E-state index is 13.3. The molecule has 1 atom stereocenters. The summed E-state index contributed by atoms with van der Waals surface area (Å²) in [6.45, 7) is 2.93. The number of nitrogens with zero attached hydrogens (tertiary/aromatic N) is 8. The van der Waals surface area contributed by atoms with Crippen LogP contribution >= 0.6 is 0 Å². The summed E-state index contributed by atoms with van der Waals surface area (Å²) in [7, 11) is 0. The number of aromatic nitrogens is 7. The van der Waals surface area contributed by atoms with Crippen LogP contribution in [0.25, 0.3) is 17.2 Å². The van der Waals surface area contributed by atoms with E-state index in [0.717, 1.165) is 17.8 Å². The minimum absolute atomic E-state index is 0.204. The average Bonchev–Trinajstić information content (AvgIpc) is 3.68. The summed E-state index contributed by atoms with van der Waals surface area (Å²) in [5.74, 6) is 1.03. The molecule has 1 fully saturated rings. The Hall–Kier alpha value is -4.75. The molecule has 6 rings (SSSR count). The first kappa shape index (κ1) is 23.6. The van der Waals surface area contributed by atoms with Gasteiger partial charge in [0.25, 0.3) is 5.91 Å². The van der Waals surface area contributed by atoms with Crippen LogP contribution in [0, 0.1) is 6.92 Å². The summed E-state index contributed by atoms with van der Waals surface area (Å²) in [5, 5.41) is 10.6. The zero-order chi connectivity index (χ0) is 26.4. The van der Waals surface area contributed by atoms with Gasteiger partial charge in [-0.2, -0.15) is 18.3 Å². The van der Waals surface area contributed by atoms with Crippen LogP contribution in [0.2, 0.25) is 0 Å². The van der Waals surface area contributed by atoms with Gasteiger partial charge in [-0.25, -0.2) is 15.0 Å². The Morgan fingerprint density at radius 1 is 1.13 bits per heavy atom. The molecule has 5 aromatic heterocycles. The summed E-state index contributed by atoms with van der Waals surface area (Å²) in [6, 6.07) is 3.66. The molecule has 194 valence electrons. The second-order valence-corrected chi connectivity index (χ2v) is 8.81. The molecule has 6 heterocycles. The highest BCUT2D eigenvalue weighted by atomic mass is 19.4. The van der Waals surface area contributed by atoms with Crippen molar-refractivity contribution in [2.24, 2.45) is 0 Å². The van der Waals surface area contributed by atoms with E-state index in [1.807, 2.05) is 4.90 Å². The topological polar surface area (TPSA) is 121 Å². The Bertz CT molecular complexity index is 1610. The fourth-order valence-corrected chi connectivity index (χ4v) is 4.58. The van der Waals surface area contributed by atoms with Gasteiger partial charge in [0.05, 0.1) is 30.2 Å². The Balaban J connectivity index is 1.32. The van der Waals surface area contributed by atoms with Crippen molar-refractivity contribution in [2.75, 3.05) is 24.5 Å². The van der Waals surface area contributed by atoms with Crippen molar-refractivity contribution in [1.82, 2.24) is 39.6 Å². The minimum Gasteiger partial charge on any atom is -0.361 e. The lowest BCUT2D eigenvalue weighted by atomic mass is 10.0. The number of rotatable bonds is 4. The lowest BCUT2D eigenvalue weighted by Crippen LogP contribution is -2.51. The van der Waals surface area contributed by atoms with Crippen molar-refractivity contribution in [3.8, 4) is 11.5 Å². The monoisotopic (exact) mass is 523 g/mol. The third kappa shape index (κ3) is 4.13. The molecule has 0 aromatic carbocycles. The number of alkyl halides is 3. The van der Waals surface area contributed by atoms with Crippen LogP contribution in [-0.2, 0) is 6.18 Å². The Morgan fingerprint density at radius 2 is 2.00 bits per heavy atom. The Morgan fingerprint density at radius 3 is 2.74 bits per heavy atom. The molecule has 1 saturated heterocycles. The number of fused-ring (bicyclic) bond motifs is 1. The van der Waals surface area contributed by atoms with Crippen LogP contribution in [-0.4, -0.2) is 65.1 Å². The lowest BCUT2D eigenvalue weighted by molar-refractivity contribution is -0.137. The fourth-order valence-electron chi connectivity index (χ4n) is 4.58. The van der Waals surface area contributed by atoms with Crippen LogP contribution in [0.5, 0.6) is 0 Å². The molecule has 1 aliphatic rings. The van der Waals surface area contributed by atoms with Crippen LogP contribution in [0.3, 0.4) is 0 Å². The highest BCUT2D eigenvalue weighted by Gasteiger charge is 2.35. The number of hydrogen-bond donors (Lipinski definition) is 1. The van der Waals surface area contributed by atoms with Crippen molar-refractivity contribution >= 4 is 17.4 Å². The molecule has 0 saturated carbocycles. The molecule has 0 aliphatic carbocycles. The molecule has 0 radical (unpaired) electrons. The van der Waals surface area contributed by atoms with E-state index >= 15 is 0 Å². The first-order valence-electron chi connectivity index (χ1n) is 11.6. The normalized spacial score (nSPS) is 16.4. The van der Waals surface area contributed by atoms with Crippen LogP contribution in [0.15, 0.2) is 59.9 Å². The summed E-state index contributed by atoms with van der Waals surface area (Å²) in [6.07, 6.45) is 4.29. The Labute approximate surface area is 212 Å². The second-order valence-electron chi connectivity index (χ2n) is 8.81. The van der Waals surface area contributed by atoms with Gasteiger partial charge in [0.2, 0.25) is 0 Å². The van der Waals surface area contributed by atoms with E-state index in [4.69, 9.17) is 4.52 Å². The number of hydrogen-bond acceptors (Lipinski definition) is 8. The molecule has 0 spiro atoms. The third-order valence-electron chi connectivity index (χ3n) is 6.55. The summed E-state index contributed by atoms with van der Waals surface area (Å²) < 4.78 is 46.3. The van der Waals surface area contributed by atoms with Crippen LogP contribution in [0.1, 0.15) is 33.3 Å². The van der Waals surface area contributed by atoms with Gasteiger partial charge in [-0.1, -0.05) is 5.16 Å². The van der Waals surface area contributed by atoms with E-state index in [2.05, 4.69) is 30.3 Å². The number of amides is 1. The molecule has 11 nitrogen and oxygen atoms in total. The number of carbonyl (C=O) groups is 1. The lowest BCUT2D eigenvalue weighted by Gasteiger charge is -2.41. The molecule has 1 aliphatic heterocycles. The van der Waals surface area contributed by atoms with Gasteiger partial charge in [0.1, 0.15) is 28.5 Å². The molecule has 1 N–H and O–H groups in total. The molecule has 0 bridgehead atoms. The second kappa shape index (κ2) is 8.97. The predicted octanol–water partition coefficient (Wildman–Crippen LogP) is 3.53. The number of anilines is 1. The number of aryl methyl sites for hydroxylation is 1. The molecule has 1 amide bonds. The predicted molar refractivity (Wildman–Crippen MR) is 127 cm³/mol. The van der Waals surface area contributed by atoms with Gasteiger partial charge >= 0.3 is 6.18 Å². The molecule has 5 aromatic rings. The van der Waals surface area contributed by atoms with Gasteiger partial charge in [-0.3, -0.25) is 14.3 Å². The number of pyridine rings is 1. The number of aromatic amines is 1. The third-order valence-corrected chi connectivity index (χ3v) is 6.55. The molecule has 38 heavy (non-hydrogen) atoms.